The van der Waals surface area contributed by atoms with Gasteiger partial charge in [-0.25, -0.2) is 9.67 Å². The highest BCUT2D eigenvalue weighted by atomic mass is 16.5. The molecule has 1 aromatic carbocycles. The zero-order valence-corrected chi connectivity index (χ0v) is 17.1. The summed E-state index contributed by atoms with van der Waals surface area (Å²) in [5.74, 6) is 0.0171. The van der Waals surface area contributed by atoms with Crippen LogP contribution in [0.25, 0.3) is 5.65 Å². The largest absolute Gasteiger partial charge is 0.487 e. The van der Waals surface area contributed by atoms with Gasteiger partial charge in [0, 0.05) is 38.2 Å². The van der Waals surface area contributed by atoms with Gasteiger partial charge in [-0.2, -0.15) is 0 Å². The summed E-state index contributed by atoms with van der Waals surface area (Å²) >= 11 is 0. The van der Waals surface area contributed by atoms with Gasteiger partial charge in [0.25, 0.3) is 5.91 Å². The Morgan fingerprint density at radius 2 is 2.00 bits per heavy atom. The van der Waals surface area contributed by atoms with Crippen molar-refractivity contribution >= 4 is 23.1 Å². The van der Waals surface area contributed by atoms with E-state index in [-0.39, 0.29) is 18.1 Å². The standard InChI is InChI=1S/C21H21N7O3/c1-26(2)20(29)13-28-12-18(24-25-28)21(30)23-15-6-5-7-17(10-15)31-14-16-11-27-9-4-3-8-19(27)22-16/h3-12H,13-14H2,1-2H3,(H,23,30). The Labute approximate surface area is 178 Å². The molecule has 0 aliphatic rings. The molecule has 10 heteroatoms. The first kappa shape index (κ1) is 20.1. The van der Waals surface area contributed by atoms with Crippen molar-refractivity contribution in [3.63, 3.8) is 0 Å². The number of nitrogens with zero attached hydrogens (tertiary/aromatic N) is 6. The Kier molecular flexibility index (Phi) is 5.61. The van der Waals surface area contributed by atoms with E-state index in [4.69, 9.17) is 4.74 Å². The van der Waals surface area contributed by atoms with Crippen LogP contribution >= 0.6 is 0 Å². The minimum atomic E-state index is -0.430. The number of benzene rings is 1. The second-order valence-electron chi connectivity index (χ2n) is 7.06. The smallest absolute Gasteiger partial charge is 0.277 e. The van der Waals surface area contributed by atoms with Gasteiger partial charge in [0.2, 0.25) is 5.91 Å². The first-order valence-electron chi connectivity index (χ1n) is 9.55. The molecule has 0 saturated heterocycles. The summed E-state index contributed by atoms with van der Waals surface area (Å²) < 4.78 is 9.07. The van der Waals surface area contributed by atoms with E-state index in [0.29, 0.717) is 18.0 Å². The Morgan fingerprint density at radius 3 is 2.81 bits per heavy atom. The number of amides is 2. The number of fused-ring (bicyclic) bond motifs is 1. The number of carbonyl (C=O) groups is 2. The topological polar surface area (TPSA) is 107 Å². The summed E-state index contributed by atoms with van der Waals surface area (Å²) in [7, 11) is 3.30. The summed E-state index contributed by atoms with van der Waals surface area (Å²) in [5, 5.41) is 10.4. The van der Waals surface area contributed by atoms with Crippen LogP contribution in [0.5, 0.6) is 5.75 Å². The molecule has 3 aromatic heterocycles. The van der Waals surface area contributed by atoms with Crippen LogP contribution in [0.15, 0.2) is 61.1 Å². The molecule has 4 aromatic rings. The summed E-state index contributed by atoms with van der Waals surface area (Å²) in [6.07, 6.45) is 5.26. The number of aromatic nitrogens is 5. The fraction of sp³-hybridized carbons (Fsp3) is 0.190. The number of anilines is 1. The van der Waals surface area contributed by atoms with E-state index in [1.165, 1.54) is 15.8 Å². The predicted octanol–water partition coefficient (Wildman–Crippen LogP) is 1.85. The van der Waals surface area contributed by atoms with Crippen molar-refractivity contribution in [2.45, 2.75) is 13.2 Å². The lowest BCUT2D eigenvalue weighted by molar-refractivity contribution is -0.129. The van der Waals surface area contributed by atoms with Crippen LogP contribution in [0.4, 0.5) is 5.69 Å². The third kappa shape index (κ3) is 4.86. The molecule has 2 amide bonds. The van der Waals surface area contributed by atoms with E-state index >= 15 is 0 Å². The number of carbonyl (C=O) groups excluding carboxylic acids is 2. The van der Waals surface area contributed by atoms with Crippen LogP contribution < -0.4 is 10.1 Å². The quantitative estimate of drug-likeness (QED) is 0.490. The maximum absolute atomic E-state index is 12.5. The minimum absolute atomic E-state index is 0.0136. The molecule has 31 heavy (non-hydrogen) atoms. The lowest BCUT2D eigenvalue weighted by atomic mass is 10.3. The van der Waals surface area contributed by atoms with E-state index in [1.54, 1.807) is 38.4 Å². The number of pyridine rings is 1. The highest BCUT2D eigenvalue weighted by Crippen LogP contribution is 2.19. The van der Waals surface area contributed by atoms with E-state index < -0.39 is 5.91 Å². The Morgan fingerprint density at radius 1 is 1.13 bits per heavy atom. The molecule has 4 rings (SSSR count). The van der Waals surface area contributed by atoms with Crippen molar-refractivity contribution in [1.82, 2.24) is 29.3 Å². The number of hydrogen-bond acceptors (Lipinski definition) is 6. The van der Waals surface area contributed by atoms with Crippen LogP contribution in [-0.4, -0.2) is 55.2 Å². The minimum Gasteiger partial charge on any atom is -0.487 e. The number of hydrogen-bond donors (Lipinski definition) is 1. The molecular formula is C21H21N7O3. The van der Waals surface area contributed by atoms with Crippen LogP contribution in [0, 0.1) is 0 Å². The Bertz CT molecular complexity index is 1200. The molecule has 0 saturated carbocycles. The van der Waals surface area contributed by atoms with Gasteiger partial charge < -0.3 is 19.4 Å². The molecule has 158 valence electrons. The second-order valence-corrected chi connectivity index (χ2v) is 7.06. The zero-order chi connectivity index (χ0) is 21.8. The lowest BCUT2D eigenvalue weighted by Crippen LogP contribution is -2.26. The summed E-state index contributed by atoms with van der Waals surface area (Å²) in [6.45, 7) is 0.312. The third-order valence-electron chi connectivity index (χ3n) is 4.46. The zero-order valence-electron chi connectivity index (χ0n) is 17.1. The number of ether oxygens (including phenoxy) is 1. The van der Waals surface area contributed by atoms with E-state index in [2.05, 4.69) is 20.6 Å². The Hall–Kier alpha value is -4.21. The number of likely N-dealkylation sites (N-methyl/N-ethyl adjacent to an activating group) is 1. The molecule has 3 heterocycles. The van der Waals surface area contributed by atoms with E-state index in [0.717, 1.165) is 11.3 Å². The van der Waals surface area contributed by atoms with Gasteiger partial charge in [-0.3, -0.25) is 9.59 Å². The Balaban J connectivity index is 1.37. The average Bonchev–Trinajstić information content (AvgIpc) is 3.39. The van der Waals surface area contributed by atoms with Gasteiger partial charge in [0.05, 0.1) is 11.9 Å². The van der Waals surface area contributed by atoms with Crippen LogP contribution in [0.1, 0.15) is 16.2 Å². The molecule has 0 unspecified atom stereocenters. The first-order chi connectivity index (χ1) is 15.0. The van der Waals surface area contributed by atoms with Gasteiger partial charge in [0.15, 0.2) is 5.69 Å². The monoisotopic (exact) mass is 419 g/mol. The molecule has 0 bridgehead atoms. The maximum Gasteiger partial charge on any atom is 0.277 e. The molecule has 1 N–H and O–H groups in total. The van der Waals surface area contributed by atoms with Crippen molar-refractivity contribution < 1.29 is 14.3 Å². The van der Waals surface area contributed by atoms with Crippen molar-refractivity contribution in [3.05, 3.63) is 72.4 Å². The van der Waals surface area contributed by atoms with Gasteiger partial charge >= 0.3 is 0 Å². The van der Waals surface area contributed by atoms with Crippen LogP contribution in [0.3, 0.4) is 0 Å². The highest BCUT2D eigenvalue weighted by Gasteiger charge is 2.14. The van der Waals surface area contributed by atoms with Gasteiger partial charge in [0.1, 0.15) is 24.5 Å². The third-order valence-corrected chi connectivity index (χ3v) is 4.46. The maximum atomic E-state index is 12.5. The molecule has 0 aliphatic carbocycles. The van der Waals surface area contributed by atoms with Crippen LogP contribution in [0.2, 0.25) is 0 Å². The average molecular weight is 419 g/mol. The predicted molar refractivity (Wildman–Crippen MR) is 113 cm³/mol. The lowest BCUT2D eigenvalue weighted by Gasteiger charge is -2.09. The van der Waals surface area contributed by atoms with Crippen LogP contribution in [-0.2, 0) is 17.9 Å². The van der Waals surface area contributed by atoms with Gasteiger partial charge in [-0.05, 0) is 24.3 Å². The number of rotatable bonds is 7. The molecule has 0 spiro atoms. The fourth-order valence-electron chi connectivity index (χ4n) is 2.83. The number of imidazole rings is 1. The van der Waals surface area contributed by atoms with E-state index in [1.807, 2.05) is 35.0 Å². The van der Waals surface area contributed by atoms with Crippen molar-refractivity contribution in [3.8, 4) is 5.75 Å². The van der Waals surface area contributed by atoms with Crippen molar-refractivity contribution in [1.29, 1.82) is 0 Å². The highest BCUT2D eigenvalue weighted by molar-refractivity contribution is 6.02. The van der Waals surface area contributed by atoms with E-state index in [9.17, 15) is 9.59 Å². The second kappa shape index (κ2) is 8.66. The number of nitrogens with one attached hydrogen (secondary N) is 1. The molecule has 0 fully saturated rings. The van der Waals surface area contributed by atoms with Gasteiger partial charge in [-0.1, -0.05) is 17.3 Å². The van der Waals surface area contributed by atoms with Crippen molar-refractivity contribution in [2.75, 3.05) is 19.4 Å². The molecular weight excluding hydrogens is 398 g/mol. The van der Waals surface area contributed by atoms with Crippen molar-refractivity contribution in [2.24, 2.45) is 0 Å². The summed E-state index contributed by atoms with van der Waals surface area (Å²) in [4.78, 5) is 30.2. The normalized spacial score (nSPS) is 10.8. The fourth-order valence-corrected chi connectivity index (χ4v) is 2.83. The molecule has 0 aliphatic heterocycles. The summed E-state index contributed by atoms with van der Waals surface area (Å²) in [6, 6.07) is 12.8. The first-order valence-corrected chi connectivity index (χ1v) is 9.55. The SMILES string of the molecule is CN(C)C(=O)Cn1cc(C(=O)Nc2cccc(OCc3cn4ccccc4n3)c2)nn1. The summed E-state index contributed by atoms with van der Waals surface area (Å²) in [5.41, 5.74) is 2.31. The molecule has 10 nitrogen and oxygen atoms in total. The molecule has 0 radical (unpaired) electrons. The molecule has 0 atom stereocenters. The van der Waals surface area contributed by atoms with Gasteiger partial charge in [-0.15, -0.1) is 5.10 Å².